The van der Waals surface area contributed by atoms with E-state index in [4.69, 9.17) is 16.0 Å². The van der Waals surface area contributed by atoms with Crippen molar-refractivity contribution < 1.29 is 13.6 Å². The highest BCUT2D eigenvalue weighted by atomic mass is 35.5. The average molecular weight is 336 g/mol. The maximum atomic E-state index is 13.2. The maximum Gasteiger partial charge on any atom is 0.265 e. The Bertz CT molecular complexity index is 994. The van der Waals surface area contributed by atoms with E-state index in [2.05, 4.69) is 10.3 Å². The number of nitrogens with zero attached hydrogens (tertiary/aromatic N) is 2. The lowest BCUT2D eigenvalue weighted by molar-refractivity contribution is 0.102. The van der Waals surface area contributed by atoms with Gasteiger partial charge in [0.25, 0.3) is 11.5 Å². The molecule has 0 aliphatic heterocycles. The number of hydrogen-bond donors (Lipinski definition) is 1. The molecular formula is C15H11ClFN3O3. The Morgan fingerprint density at radius 1 is 1.43 bits per heavy atom. The predicted octanol–water partition coefficient (Wildman–Crippen LogP) is 2.88. The van der Waals surface area contributed by atoms with Crippen molar-refractivity contribution in [3.05, 3.63) is 57.0 Å². The summed E-state index contributed by atoms with van der Waals surface area (Å²) < 4.78 is 19.8. The van der Waals surface area contributed by atoms with Gasteiger partial charge in [0.15, 0.2) is 0 Å². The lowest BCUT2D eigenvalue weighted by atomic mass is 10.1. The monoisotopic (exact) mass is 335 g/mol. The molecule has 0 spiro atoms. The van der Waals surface area contributed by atoms with Crippen molar-refractivity contribution in [2.24, 2.45) is 7.05 Å². The minimum Gasteiger partial charge on any atom is -0.442 e. The molecule has 23 heavy (non-hydrogen) atoms. The maximum absolute atomic E-state index is 13.2. The number of carbonyl (C=O) groups excluding carboxylic acids is 1. The van der Waals surface area contributed by atoms with E-state index in [1.54, 1.807) is 6.92 Å². The quantitative estimate of drug-likeness (QED) is 0.781. The number of rotatable bonds is 2. The Hall–Kier alpha value is -2.67. The minimum absolute atomic E-state index is 0.0906. The number of amides is 1. The number of anilines is 1. The third kappa shape index (κ3) is 2.59. The largest absolute Gasteiger partial charge is 0.442 e. The van der Waals surface area contributed by atoms with E-state index in [1.807, 2.05) is 0 Å². The van der Waals surface area contributed by atoms with Crippen LogP contribution in [0, 0.1) is 12.7 Å². The second-order valence-electron chi connectivity index (χ2n) is 4.96. The lowest BCUT2D eigenvalue weighted by Gasteiger charge is -2.05. The summed E-state index contributed by atoms with van der Waals surface area (Å²) in [5, 5.41) is 2.55. The van der Waals surface area contributed by atoms with E-state index >= 15 is 0 Å². The first-order chi connectivity index (χ1) is 10.9. The Labute approximate surface area is 134 Å². The number of benzene rings is 1. The molecule has 1 amide bonds. The van der Waals surface area contributed by atoms with Gasteiger partial charge in [-0.15, -0.1) is 0 Å². The molecule has 0 aliphatic carbocycles. The minimum atomic E-state index is -0.590. The Kier molecular flexibility index (Phi) is 3.65. The zero-order valence-electron chi connectivity index (χ0n) is 12.2. The zero-order chi connectivity index (χ0) is 16.7. The van der Waals surface area contributed by atoms with E-state index in [0.717, 1.165) is 6.07 Å². The highest BCUT2D eigenvalue weighted by molar-refractivity contribution is 6.31. The number of furan rings is 1. The molecule has 3 aromatic rings. The molecule has 0 radical (unpaired) electrons. The SMILES string of the molecule is Cc1oc2ncn(C)c(=O)c2c1C(=O)Nc1ccc(F)c(Cl)c1. The number of aromatic nitrogens is 2. The van der Waals surface area contributed by atoms with Gasteiger partial charge >= 0.3 is 0 Å². The van der Waals surface area contributed by atoms with Crippen LogP contribution in [0.3, 0.4) is 0 Å². The van der Waals surface area contributed by atoms with Crippen molar-refractivity contribution in [1.29, 1.82) is 0 Å². The van der Waals surface area contributed by atoms with Crippen LogP contribution in [-0.2, 0) is 7.05 Å². The van der Waals surface area contributed by atoms with Crippen LogP contribution in [0.4, 0.5) is 10.1 Å². The molecular weight excluding hydrogens is 325 g/mol. The van der Waals surface area contributed by atoms with Crippen LogP contribution in [0.15, 0.2) is 33.7 Å². The number of halogens is 2. The molecule has 0 saturated carbocycles. The van der Waals surface area contributed by atoms with E-state index in [0.29, 0.717) is 5.69 Å². The molecule has 0 aliphatic rings. The standard InChI is InChI=1S/C15H11ClFN3O3/c1-7-11(12-14(23-7)18-6-20(2)15(12)22)13(21)19-8-3-4-10(17)9(16)5-8/h3-6H,1-2H3,(H,19,21). The summed E-state index contributed by atoms with van der Waals surface area (Å²) in [6, 6.07) is 3.79. The number of carbonyl (C=O) groups is 1. The van der Waals surface area contributed by atoms with E-state index in [1.165, 1.54) is 30.1 Å². The van der Waals surface area contributed by atoms with Crippen molar-refractivity contribution in [1.82, 2.24) is 9.55 Å². The number of nitrogens with one attached hydrogen (secondary N) is 1. The fourth-order valence-corrected chi connectivity index (χ4v) is 2.41. The van der Waals surface area contributed by atoms with Crippen LogP contribution in [0.2, 0.25) is 5.02 Å². The molecule has 6 nitrogen and oxygen atoms in total. The highest BCUT2D eigenvalue weighted by Crippen LogP contribution is 2.24. The third-order valence-electron chi connectivity index (χ3n) is 3.35. The molecule has 0 saturated heterocycles. The van der Waals surface area contributed by atoms with E-state index in [9.17, 15) is 14.0 Å². The molecule has 1 N–H and O–H groups in total. The molecule has 118 valence electrons. The topological polar surface area (TPSA) is 77.1 Å². The van der Waals surface area contributed by atoms with Gasteiger partial charge < -0.3 is 14.3 Å². The van der Waals surface area contributed by atoms with Crippen LogP contribution >= 0.6 is 11.6 Å². The molecule has 0 fully saturated rings. The van der Waals surface area contributed by atoms with Crippen LogP contribution < -0.4 is 10.9 Å². The molecule has 0 atom stereocenters. The fraction of sp³-hybridized carbons (Fsp3) is 0.133. The summed E-state index contributed by atoms with van der Waals surface area (Å²) in [5.74, 6) is -0.886. The van der Waals surface area contributed by atoms with E-state index < -0.39 is 17.3 Å². The molecule has 1 aromatic carbocycles. The first kappa shape index (κ1) is 15.2. The molecule has 3 rings (SSSR count). The van der Waals surface area contributed by atoms with Gasteiger partial charge in [-0.1, -0.05) is 11.6 Å². The lowest BCUT2D eigenvalue weighted by Crippen LogP contribution is -2.20. The van der Waals surface area contributed by atoms with Crippen molar-refractivity contribution >= 4 is 34.3 Å². The third-order valence-corrected chi connectivity index (χ3v) is 3.64. The van der Waals surface area contributed by atoms with Gasteiger partial charge in [-0.05, 0) is 25.1 Å². The Morgan fingerprint density at radius 3 is 2.87 bits per heavy atom. The first-order valence-electron chi connectivity index (χ1n) is 6.59. The summed E-state index contributed by atoms with van der Waals surface area (Å²) in [6.45, 7) is 1.56. The van der Waals surface area contributed by atoms with Gasteiger partial charge in [0.2, 0.25) is 5.71 Å². The normalized spacial score (nSPS) is 11.0. The number of aryl methyl sites for hydroxylation is 2. The van der Waals surface area contributed by atoms with Crippen LogP contribution in [0.1, 0.15) is 16.1 Å². The zero-order valence-corrected chi connectivity index (χ0v) is 12.9. The predicted molar refractivity (Wildman–Crippen MR) is 83.4 cm³/mol. The second kappa shape index (κ2) is 5.51. The number of fused-ring (bicyclic) bond motifs is 1. The van der Waals surface area contributed by atoms with Crippen LogP contribution in [0.5, 0.6) is 0 Å². The van der Waals surface area contributed by atoms with Gasteiger partial charge in [0.05, 0.1) is 10.6 Å². The summed E-state index contributed by atoms with van der Waals surface area (Å²) in [7, 11) is 1.53. The van der Waals surface area contributed by atoms with Gasteiger partial charge in [0, 0.05) is 12.7 Å². The van der Waals surface area contributed by atoms with Crippen molar-refractivity contribution in [3.8, 4) is 0 Å². The van der Waals surface area contributed by atoms with Crippen molar-refractivity contribution in [3.63, 3.8) is 0 Å². The molecule has 2 heterocycles. The van der Waals surface area contributed by atoms with Gasteiger partial charge in [-0.25, -0.2) is 9.37 Å². The number of hydrogen-bond acceptors (Lipinski definition) is 4. The van der Waals surface area contributed by atoms with Crippen LogP contribution in [0.25, 0.3) is 11.1 Å². The second-order valence-corrected chi connectivity index (χ2v) is 5.36. The summed E-state index contributed by atoms with van der Waals surface area (Å²) in [4.78, 5) is 28.7. The van der Waals surface area contributed by atoms with Gasteiger partial charge in [-0.3, -0.25) is 9.59 Å². The van der Waals surface area contributed by atoms with Crippen molar-refractivity contribution in [2.45, 2.75) is 6.92 Å². The smallest absolute Gasteiger partial charge is 0.265 e. The highest BCUT2D eigenvalue weighted by Gasteiger charge is 2.22. The molecule has 0 unspecified atom stereocenters. The van der Waals surface area contributed by atoms with Crippen LogP contribution in [-0.4, -0.2) is 15.5 Å². The van der Waals surface area contributed by atoms with E-state index in [-0.39, 0.29) is 27.4 Å². The fourth-order valence-electron chi connectivity index (χ4n) is 2.23. The summed E-state index contributed by atoms with van der Waals surface area (Å²) >= 11 is 5.69. The molecule has 0 bridgehead atoms. The molecule has 8 heteroatoms. The van der Waals surface area contributed by atoms with Gasteiger partial charge in [0.1, 0.15) is 23.3 Å². The summed E-state index contributed by atoms with van der Waals surface area (Å²) in [5.41, 5.74) is 0.0899. The first-order valence-corrected chi connectivity index (χ1v) is 6.97. The average Bonchev–Trinajstić information content (AvgIpc) is 2.84. The Balaban J connectivity index is 2.07. The van der Waals surface area contributed by atoms with Crippen molar-refractivity contribution in [2.75, 3.05) is 5.32 Å². The van der Waals surface area contributed by atoms with Gasteiger partial charge in [-0.2, -0.15) is 0 Å². The molecule has 2 aromatic heterocycles. The Morgan fingerprint density at radius 2 is 2.17 bits per heavy atom. The summed E-state index contributed by atoms with van der Waals surface area (Å²) in [6.07, 6.45) is 1.31.